The van der Waals surface area contributed by atoms with Gasteiger partial charge in [-0.3, -0.25) is 4.57 Å². The fourth-order valence-corrected chi connectivity index (χ4v) is 4.44. The number of imidazole rings is 1. The molecule has 0 bridgehead atoms. The van der Waals surface area contributed by atoms with Crippen LogP contribution in [0.3, 0.4) is 0 Å². The Balaban J connectivity index is 1.51. The molecule has 2 aromatic heterocycles. The molecule has 7 nitrogen and oxygen atoms in total. The lowest BCUT2D eigenvalue weighted by molar-refractivity contribution is 0.220. The standard InChI is InChI=1S/C23H25N5O2/c1-2-30-18-7-8-20-19(14-18)24-15-28(20)22-9-6-16-4-3-5-21(23(16)25-22)27-12-10-17(26-29)11-13-27/h3-6,9,14-15,17H,2,7-8,10-13H2,1H3. The van der Waals surface area contributed by atoms with Crippen molar-refractivity contribution in [2.75, 3.05) is 24.6 Å². The Labute approximate surface area is 175 Å². The Morgan fingerprint density at radius 1 is 1.17 bits per heavy atom. The minimum Gasteiger partial charge on any atom is -0.498 e. The number of allylic oxidation sites excluding steroid dienone is 1. The number of piperidine rings is 1. The molecule has 0 spiro atoms. The first kappa shape index (κ1) is 18.8. The van der Waals surface area contributed by atoms with Gasteiger partial charge in [-0.15, -0.1) is 0 Å². The fourth-order valence-electron chi connectivity index (χ4n) is 4.44. The summed E-state index contributed by atoms with van der Waals surface area (Å²) in [6.07, 6.45) is 7.25. The molecule has 0 amide bonds. The third-order valence-electron chi connectivity index (χ3n) is 6.02. The molecule has 7 heteroatoms. The molecule has 154 valence electrons. The molecule has 1 aliphatic heterocycles. The van der Waals surface area contributed by atoms with Gasteiger partial charge in [0.25, 0.3) is 0 Å². The van der Waals surface area contributed by atoms with Crippen LogP contribution < -0.4 is 4.90 Å². The predicted molar refractivity (Wildman–Crippen MR) is 118 cm³/mol. The average molecular weight is 403 g/mol. The average Bonchev–Trinajstić information content (AvgIpc) is 3.22. The van der Waals surface area contributed by atoms with E-state index in [4.69, 9.17) is 9.72 Å². The van der Waals surface area contributed by atoms with Crippen LogP contribution in [0.1, 0.15) is 37.6 Å². The van der Waals surface area contributed by atoms with Gasteiger partial charge in [-0.2, -0.15) is 4.91 Å². The molecule has 0 unspecified atom stereocenters. The summed E-state index contributed by atoms with van der Waals surface area (Å²) >= 11 is 0. The summed E-state index contributed by atoms with van der Waals surface area (Å²) in [6, 6.07) is 10.4. The molecule has 3 aromatic rings. The van der Waals surface area contributed by atoms with Gasteiger partial charge < -0.3 is 9.64 Å². The minimum atomic E-state index is -0.0631. The molecule has 1 fully saturated rings. The van der Waals surface area contributed by atoms with E-state index in [0.29, 0.717) is 6.61 Å². The highest BCUT2D eigenvalue weighted by atomic mass is 16.5. The van der Waals surface area contributed by atoms with Crippen molar-refractivity contribution in [1.82, 2.24) is 14.5 Å². The van der Waals surface area contributed by atoms with E-state index >= 15 is 0 Å². The number of fused-ring (bicyclic) bond motifs is 2. The maximum Gasteiger partial charge on any atom is 0.138 e. The van der Waals surface area contributed by atoms with Crippen molar-refractivity contribution >= 4 is 22.7 Å². The number of aromatic nitrogens is 3. The van der Waals surface area contributed by atoms with Crippen LogP contribution in [0.15, 0.2) is 47.6 Å². The molecule has 0 atom stereocenters. The number of pyridine rings is 1. The van der Waals surface area contributed by atoms with Crippen molar-refractivity contribution in [3.05, 3.63) is 58.7 Å². The second kappa shape index (κ2) is 7.89. The number of ether oxygens (including phenoxy) is 1. The lowest BCUT2D eigenvalue weighted by atomic mass is 10.0. The largest absolute Gasteiger partial charge is 0.498 e. The summed E-state index contributed by atoms with van der Waals surface area (Å²) < 4.78 is 7.77. The number of para-hydroxylation sites is 1. The summed E-state index contributed by atoms with van der Waals surface area (Å²) in [5, 5.41) is 4.34. The van der Waals surface area contributed by atoms with Gasteiger partial charge in [-0.05, 0) is 44.4 Å². The number of rotatable bonds is 5. The Hall–Kier alpha value is -3.22. The van der Waals surface area contributed by atoms with E-state index < -0.39 is 0 Å². The normalized spacial score (nSPS) is 17.0. The van der Waals surface area contributed by atoms with Crippen molar-refractivity contribution < 1.29 is 4.74 Å². The number of anilines is 1. The van der Waals surface area contributed by atoms with Gasteiger partial charge in [-0.1, -0.05) is 17.3 Å². The zero-order valence-electron chi connectivity index (χ0n) is 17.1. The van der Waals surface area contributed by atoms with Crippen LogP contribution in [0.5, 0.6) is 0 Å². The van der Waals surface area contributed by atoms with Gasteiger partial charge in [0.15, 0.2) is 0 Å². The maximum absolute atomic E-state index is 10.9. The maximum atomic E-state index is 10.9. The van der Waals surface area contributed by atoms with Crippen LogP contribution in [-0.4, -0.2) is 40.3 Å². The van der Waals surface area contributed by atoms with Crippen LogP contribution in [0.25, 0.3) is 22.8 Å². The minimum absolute atomic E-state index is 0.0631. The van der Waals surface area contributed by atoms with Crippen molar-refractivity contribution in [3.63, 3.8) is 0 Å². The number of hydrogen-bond donors (Lipinski definition) is 0. The Morgan fingerprint density at radius 2 is 2.03 bits per heavy atom. The quantitative estimate of drug-likeness (QED) is 0.587. The first-order chi connectivity index (χ1) is 14.8. The lowest BCUT2D eigenvalue weighted by Crippen LogP contribution is -2.35. The number of benzene rings is 1. The summed E-state index contributed by atoms with van der Waals surface area (Å²) in [4.78, 5) is 22.8. The Bertz CT molecular complexity index is 1110. The first-order valence-corrected chi connectivity index (χ1v) is 10.6. The van der Waals surface area contributed by atoms with Gasteiger partial charge in [0, 0.05) is 31.0 Å². The van der Waals surface area contributed by atoms with Crippen LogP contribution in [0.4, 0.5) is 5.69 Å². The highest BCUT2D eigenvalue weighted by molar-refractivity contribution is 5.91. The summed E-state index contributed by atoms with van der Waals surface area (Å²) in [5.74, 6) is 1.87. The topological polar surface area (TPSA) is 72.6 Å². The van der Waals surface area contributed by atoms with Gasteiger partial charge in [0.1, 0.15) is 12.1 Å². The molecule has 1 aliphatic carbocycles. The van der Waals surface area contributed by atoms with Crippen molar-refractivity contribution in [2.24, 2.45) is 5.18 Å². The van der Waals surface area contributed by atoms with Gasteiger partial charge in [0.05, 0.1) is 41.0 Å². The number of nitrogens with zero attached hydrogens (tertiary/aromatic N) is 5. The molecule has 0 radical (unpaired) electrons. The predicted octanol–water partition coefficient (Wildman–Crippen LogP) is 4.48. The van der Waals surface area contributed by atoms with Crippen molar-refractivity contribution in [1.29, 1.82) is 0 Å². The van der Waals surface area contributed by atoms with Crippen LogP contribution in [0.2, 0.25) is 0 Å². The first-order valence-electron chi connectivity index (χ1n) is 10.6. The summed E-state index contributed by atoms with van der Waals surface area (Å²) in [6.45, 7) is 4.33. The second-order valence-electron chi connectivity index (χ2n) is 7.83. The van der Waals surface area contributed by atoms with Gasteiger partial charge in [0.2, 0.25) is 0 Å². The molecular formula is C23H25N5O2. The Kier molecular flexibility index (Phi) is 4.94. The molecule has 0 saturated carbocycles. The molecular weight excluding hydrogens is 378 g/mol. The highest BCUT2D eigenvalue weighted by Crippen LogP contribution is 2.31. The van der Waals surface area contributed by atoms with E-state index in [-0.39, 0.29) is 6.04 Å². The second-order valence-corrected chi connectivity index (χ2v) is 7.83. The molecule has 1 aromatic carbocycles. The van der Waals surface area contributed by atoms with Gasteiger partial charge in [-0.25, -0.2) is 9.97 Å². The molecule has 2 aliphatic rings. The summed E-state index contributed by atoms with van der Waals surface area (Å²) in [7, 11) is 0. The van der Waals surface area contributed by atoms with E-state index in [1.165, 1.54) is 5.69 Å². The molecule has 1 saturated heterocycles. The zero-order chi connectivity index (χ0) is 20.5. The molecule has 30 heavy (non-hydrogen) atoms. The third kappa shape index (κ3) is 3.34. The Morgan fingerprint density at radius 3 is 2.83 bits per heavy atom. The number of hydrogen-bond acceptors (Lipinski definition) is 6. The highest BCUT2D eigenvalue weighted by Gasteiger charge is 2.22. The third-order valence-corrected chi connectivity index (χ3v) is 6.02. The van der Waals surface area contributed by atoms with Gasteiger partial charge >= 0.3 is 0 Å². The zero-order valence-corrected chi connectivity index (χ0v) is 17.1. The van der Waals surface area contributed by atoms with Crippen LogP contribution in [-0.2, 0) is 11.2 Å². The lowest BCUT2D eigenvalue weighted by Gasteiger charge is -2.31. The molecule has 3 heterocycles. The van der Waals surface area contributed by atoms with E-state index in [9.17, 15) is 4.91 Å². The van der Waals surface area contributed by atoms with E-state index in [2.05, 4.69) is 50.0 Å². The molecule has 0 N–H and O–H groups in total. The van der Waals surface area contributed by atoms with Crippen LogP contribution >= 0.6 is 0 Å². The van der Waals surface area contributed by atoms with Crippen LogP contribution in [0, 0.1) is 4.91 Å². The molecule has 5 rings (SSSR count). The monoisotopic (exact) mass is 403 g/mol. The fraction of sp³-hybridized carbons (Fsp3) is 0.391. The van der Waals surface area contributed by atoms with E-state index in [1.807, 2.05) is 19.3 Å². The van der Waals surface area contributed by atoms with E-state index in [1.54, 1.807) is 0 Å². The number of nitroso groups, excluding NO2 is 1. The van der Waals surface area contributed by atoms with Crippen molar-refractivity contribution in [2.45, 2.75) is 38.6 Å². The van der Waals surface area contributed by atoms with E-state index in [0.717, 1.165) is 72.6 Å². The smallest absolute Gasteiger partial charge is 0.138 e. The summed E-state index contributed by atoms with van der Waals surface area (Å²) in [5.41, 5.74) is 4.23. The SMILES string of the molecule is CCOC1=Cc2ncn(-c3ccc4cccc(N5CCC(N=O)CC5)c4n3)c2CC1. The van der Waals surface area contributed by atoms with Crippen molar-refractivity contribution in [3.8, 4) is 5.82 Å².